The first-order chi connectivity index (χ1) is 13.7. The summed E-state index contributed by atoms with van der Waals surface area (Å²) < 4.78 is 0. The quantitative estimate of drug-likeness (QED) is 0.671. The van der Waals surface area contributed by atoms with Crippen LogP contribution in [0.1, 0.15) is 12.0 Å². The van der Waals surface area contributed by atoms with E-state index in [1.165, 1.54) is 16.7 Å². The third-order valence-corrected chi connectivity index (χ3v) is 4.95. The molecular weight excluding hydrogens is 340 g/mol. The zero-order valence-electron chi connectivity index (χ0n) is 16.7. The van der Waals surface area contributed by atoms with Crippen LogP contribution in [0.2, 0.25) is 0 Å². The largest absolute Gasteiger partial charge is 0.310 e. The van der Waals surface area contributed by atoms with Gasteiger partial charge in [0.15, 0.2) is 0 Å². The minimum atomic E-state index is 0.137. The summed E-state index contributed by atoms with van der Waals surface area (Å²) in [4.78, 5) is 2.33. The highest BCUT2D eigenvalue weighted by Gasteiger charge is 2.26. The molecule has 0 amide bonds. The van der Waals surface area contributed by atoms with Crippen molar-refractivity contribution < 1.29 is 0 Å². The first kappa shape index (κ1) is 19.7. The third-order valence-electron chi connectivity index (χ3n) is 4.95. The van der Waals surface area contributed by atoms with Gasteiger partial charge in [-0.15, -0.1) is 0 Å². The van der Waals surface area contributed by atoms with Crippen molar-refractivity contribution in [1.29, 1.82) is 0 Å². The molecule has 2 heteroatoms. The SMILES string of the molecule is C=C/C=C1\CC=CC=C1N(C1=CC=CC(NC)/C1=C\C=C)c1ccc(C)cc1. The highest BCUT2D eigenvalue weighted by molar-refractivity contribution is 5.70. The first-order valence-electron chi connectivity index (χ1n) is 9.64. The molecule has 1 atom stereocenters. The van der Waals surface area contributed by atoms with Crippen molar-refractivity contribution in [2.24, 2.45) is 0 Å². The fourth-order valence-corrected chi connectivity index (χ4v) is 3.57. The van der Waals surface area contributed by atoms with E-state index in [1.807, 2.05) is 19.2 Å². The van der Waals surface area contributed by atoms with Crippen LogP contribution in [-0.2, 0) is 0 Å². The molecular formula is C26H28N2. The summed E-state index contributed by atoms with van der Waals surface area (Å²) in [6.45, 7) is 9.96. The molecule has 0 bridgehead atoms. The average molecular weight is 369 g/mol. The Morgan fingerprint density at radius 1 is 1.00 bits per heavy atom. The van der Waals surface area contributed by atoms with Crippen LogP contribution in [0.5, 0.6) is 0 Å². The molecule has 1 unspecified atom stereocenters. The van der Waals surface area contributed by atoms with Crippen molar-refractivity contribution in [3.63, 3.8) is 0 Å². The van der Waals surface area contributed by atoms with Crippen LogP contribution in [-0.4, -0.2) is 13.1 Å². The molecule has 142 valence electrons. The van der Waals surface area contributed by atoms with E-state index in [2.05, 4.69) is 103 Å². The maximum atomic E-state index is 3.93. The number of hydrogen-bond acceptors (Lipinski definition) is 2. The van der Waals surface area contributed by atoms with Crippen LogP contribution in [0.15, 0.2) is 121 Å². The summed E-state index contributed by atoms with van der Waals surface area (Å²) in [6, 6.07) is 8.81. The van der Waals surface area contributed by atoms with Crippen molar-refractivity contribution in [1.82, 2.24) is 5.32 Å². The lowest BCUT2D eigenvalue weighted by Gasteiger charge is -2.36. The predicted octanol–water partition coefficient (Wildman–Crippen LogP) is 5.91. The lowest BCUT2D eigenvalue weighted by molar-refractivity contribution is 0.745. The number of rotatable bonds is 6. The van der Waals surface area contributed by atoms with E-state index in [4.69, 9.17) is 0 Å². The number of nitrogens with zero attached hydrogens (tertiary/aromatic N) is 1. The number of nitrogens with one attached hydrogen (secondary N) is 1. The molecule has 2 aliphatic carbocycles. The Hall–Kier alpha value is -3.10. The maximum Gasteiger partial charge on any atom is 0.0527 e. The predicted molar refractivity (Wildman–Crippen MR) is 122 cm³/mol. The van der Waals surface area contributed by atoms with E-state index < -0.39 is 0 Å². The lowest BCUT2D eigenvalue weighted by Crippen LogP contribution is -2.34. The second kappa shape index (κ2) is 9.20. The molecule has 0 aromatic heterocycles. The van der Waals surface area contributed by atoms with E-state index in [0.717, 1.165) is 23.5 Å². The first-order valence-corrected chi connectivity index (χ1v) is 9.64. The van der Waals surface area contributed by atoms with Crippen molar-refractivity contribution in [3.8, 4) is 0 Å². The van der Waals surface area contributed by atoms with Gasteiger partial charge in [0.05, 0.1) is 11.7 Å². The van der Waals surface area contributed by atoms with E-state index in [-0.39, 0.29) is 6.04 Å². The molecule has 0 fully saturated rings. The van der Waals surface area contributed by atoms with Crippen LogP contribution in [0.4, 0.5) is 5.69 Å². The Kier molecular flexibility index (Phi) is 6.46. The lowest BCUT2D eigenvalue weighted by atomic mass is 9.93. The van der Waals surface area contributed by atoms with Gasteiger partial charge >= 0.3 is 0 Å². The van der Waals surface area contributed by atoms with Crippen LogP contribution in [0.25, 0.3) is 0 Å². The van der Waals surface area contributed by atoms with E-state index in [0.29, 0.717) is 0 Å². The van der Waals surface area contributed by atoms with Gasteiger partial charge in [-0.05, 0) is 55.8 Å². The van der Waals surface area contributed by atoms with E-state index >= 15 is 0 Å². The molecule has 3 rings (SSSR count). The fourth-order valence-electron chi connectivity index (χ4n) is 3.57. The van der Waals surface area contributed by atoms with Gasteiger partial charge in [-0.3, -0.25) is 0 Å². The van der Waals surface area contributed by atoms with E-state index in [1.54, 1.807) is 0 Å². The zero-order chi connectivity index (χ0) is 19.9. The molecule has 0 saturated heterocycles. The highest BCUT2D eigenvalue weighted by atomic mass is 15.2. The number of allylic oxidation sites excluding steroid dienone is 10. The summed E-state index contributed by atoms with van der Waals surface area (Å²) in [5.74, 6) is 0. The van der Waals surface area contributed by atoms with Gasteiger partial charge in [0, 0.05) is 11.4 Å². The molecule has 2 aliphatic rings. The Morgan fingerprint density at radius 3 is 2.39 bits per heavy atom. The number of likely N-dealkylation sites (N-methyl/N-ethyl adjacent to an activating group) is 1. The number of aryl methyl sites for hydroxylation is 1. The van der Waals surface area contributed by atoms with E-state index in [9.17, 15) is 0 Å². The van der Waals surface area contributed by atoms with Crippen molar-refractivity contribution in [2.75, 3.05) is 11.9 Å². The Bertz CT molecular complexity index is 918. The van der Waals surface area contributed by atoms with Crippen LogP contribution < -0.4 is 10.2 Å². The number of benzene rings is 1. The Balaban J connectivity index is 2.20. The third kappa shape index (κ3) is 4.08. The van der Waals surface area contributed by atoms with Crippen LogP contribution >= 0.6 is 0 Å². The summed E-state index contributed by atoms with van der Waals surface area (Å²) in [6.07, 6.45) is 21.7. The fraction of sp³-hybridized carbons (Fsp3) is 0.154. The molecule has 1 aromatic rings. The second-order valence-corrected chi connectivity index (χ2v) is 6.84. The molecule has 2 nitrogen and oxygen atoms in total. The number of hydrogen-bond donors (Lipinski definition) is 1. The molecule has 1 aromatic carbocycles. The van der Waals surface area contributed by atoms with Gasteiger partial charge in [-0.1, -0.05) is 79.5 Å². The van der Waals surface area contributed by atoms with Crippen molar-refractivity contribution in [3.05, 3.63) is 126 Å². The Labute approximate surface area is 169 Å². The standard InChI is InChI=1S/C26H28N2/c1-5-10-21-12-7-8-14-25(21)28(22-18-16-20(3)17-19-22)26-15-9-13-24(27-4)23(26)11-6-2/h5-11,13-19,24,27H,1-2,12H2,3-4H3/b21-10+,23-11+. The molecule has 28 heavy (non-hydrogen) atoms. The van der Waals surface area contributed by atoms with Gasteiger partial charge in [0.2, 0.25) is 0 Å². The minimum absolute atomic E-state index is 0.137. The smallest absolute Gasteiger partial charge is 0.0527 e. The number of anilines is 1. The van der Waals surface area contributed by atoms with Gasteiger partial charge in [-0.2, -0.15) is 0 Å². The summed E-state index contributed by atoms with van der Waals surface area (Å²) in [5, 5.41) is 3.39. The van der Waals surface area contributed by atoms with Crippen molar-refractivity contribution >= 4 is 5.69 Å². The summed E-state index contributed by atoms with van der Waals surface area (Å²) >= 11 is 0. The molecule has 0 heterocycles. The monoisotopic (exact) mass is 368 g/mol. The Morgan fingerprint density at radius 2 is 1.71 bits per heavy atom. The molecule has 0 saturated carbocycles. The zero-order valence-corrected chi connectivity index (χ0v) is 16.7. The minimum Gasteiger partial charge on any atom is -0.310 e. The summed E-state index contributed by atoms with van der Waals surface area (Å²) in [5.41, 5.74) is 7.12. The van der Waals surface area contributed by atoms with Gasteiger partial charge in [0.1, 0.15) is 0 Å². The van der Waals surface area contributed by atoms with Crippen LogP contribution in [0, 0.1) is 6.92 Å². The molecule has 1 N–H and O–H groups in total. The van der Waals surface area contributed by atoms with Gasteiger partial charge < -0.3 is 10.2 Å². The molecule has 0 radical (unpaired) electrons. The van der Waals surface area contributed by atoms with Crippen LogP contribution in [0.3, 0.4) is 0 Å². The topological polar surface area (TPSA) is 15.3 Å². The van der Waals surface area contributed by atoms with Gasteiger partial charge in [-0.25, -0.2) is 0 Å². The van der Waals surface area contributed by atoms with Gasteiger partial charge in [0.25, 0.3) is 0 Å². The maximum absolute atomic E-state index is 3.93. The van der Waals surface area contributed by atoms with Crippen molar-refractivity contribution in [2.45, 2.75) is 19.4 Å². The second-order valence-electron chi connectivity index (χ2n) is 6.84. The molecule has 0 aliphatic heterocycles. The average Bonchev–Trinajstić information content (AvgIpc) is 2.72. The highest BCUT2D eigenvalue weighted by Crippen LogP contribution is 2.36. The molecule has 0 spiro atoms. The normalized spacial score (nSPS) is 21.4. The summed E-state index contributed by atoms with van der Waals surface area (Å²) in [7, 11) is 1.98.